The normalized spacial score (nSPS) is 18.5. The van der Waals surface area contributed by atoms with Crippen molar-refractivity contribution in [2.45, 2.75) is 24.3 Å². The molecule has 116 valence electrons. The lowest BCUT2D eigenvalue weighted by Crippen LogP contribution is -2.57. The van der Waals surface area contributed by atoms with Crippen LogP contribution < -0.4 is 15.4 Å². The predicted octanol–water partition coefficient (Wildman–Crippen LogP) is 0.430. The molecule has 9 heteroatoms. The van der Waals surface area contributed by atoms with Gasteiger partial charge in [-0.25, -0.2) is 13.6 Å². The van der Waals surface area contributed by atoms with E-state index in [2.05, 4.69) is 5.32 Å². The molecule has 2 rings (SSSR count). The van der Waals surface area contributed by atoms with E-state index in [0.29, 0.717) is 25.3 Å². The van der Waals surface area contributed by atoms with Gasteiger partial charge >= 0.3 is 0 Å². The number of rotatable bonds is 3. The second kappa shape index (κ2) is 5.24. The smallest absolute Gasteiger partial charge is 0.293 e. The van der Waals surface area contributed by atoms with Crippen molar-refractivity contribution in [3.05, 3.63) is 28.3 Å². The van der Waals surface area contributed by atoms with Gasteiger partial charge in [0.25, 0.3) is 5.69 Å². The second-order valence-electron chi connectivity index (χ2n) is 5.68. The van der Waals surface area contributed by atoms with E-state index in [1.165, 1.54) is 12.1 Å². The number of nitrogens with two attached hydrogens (primary N) is 1. The fourth-order valence-electron chi connectivity index (χ4n) is 2.44. The van der Waals surface area contributed by atoms with Crippen LogP contribution in [0, 0.1) is 10.1 Å². The molecular formula is C12H18N4O4S. The minimum atomic E-state index is -3.96. The molecule has 8 nitrogen and oxygen atoms in total. The number of nitro benzene ring substituents is 1. The van der Waals surface area contributed by atoms with Gasteiger partial charge in [-0.2, -0.15) is 0 Å². The van der Waals surface area contributed by atoms with Crippen LogP contribution in [0.3, 0.4) is 0 Å². The van der Waals surface area contributed by atoms with Crippen LogP contribution in [0.1, 0.15) is 13.8 Å². The summed E-state index contributed by atoms with van der Waals surface area (Å²) in [6.07, 6.45) is 0. The van der Waals surface area contributed by atoms with Crippen molar-refractivity contribution in [2.24, 2.45) is 5.14 Å². The zero-order valence-electron chi connectivity index (χ0n) is 11.9. The maximum atomic E-state index is 11.3. The second-order valence-corrected chi connectivity index (χ2v) is 7.25. The maximum Gasteiger partial charge on any atom is 0.293 e. The summed E-state index contributed by atoms with van der Waals surface area (Å²) in [5.74, 6) is 0. The summed E-state index contributed by atoms with van der Waals surface area (Å²) in [6.45, 7) is 5.90. The molecular weight excluding hydrogens is 296 g/mol. The molecule has 1 aromatic rings. The molecule has 0 atom stereocenters. The summed E-state index contributed by atoms with van der Waals surface area (Å²) in [5.41, 5.74) is -0.0220. The topological polar surface area (TPSA) is 119 Å². The monoisotopic (exact) mass is 314 g/mol. The molecule has 0 radical (unpaired) electrons. The third-order valence-corrected chi connectivity index (χ3v) is 4.30. The Morgan fingerprint density at radius 2 is 2.10 bits per heavy atom. The van der Waals surface area contributed by atoms with Gasteiger partial charge in [0.15, 0.2) is 0 Å². The molecule has 0 unspecified atom stereocenters. The highest BCUT2D eigenvalue weighted by Crippen LogP contribution is 2.32. The van der Waals surface area contributed by atoms with Crippen LogP contribution in [0.5, 0.6) is 0 Å². The van der Waals surface area contributed by atoms with Gasteiger partial charge in [0, 0.05) is 31.2 Å². The zero-order valence-corrected chi connectivity index (χ0v) is 12.7. The van der Waals surface area contributed by atoms with Crippen LogP contribution in [0.4, 0.5) is 11.4 Å². The Kier molecular flexibility index (Phi) is 3.91. The van der Waals surface area contributed by atoms with Crippen molar-refractivity contribution in [3.8, 4) is 0 Å². The first-order valence-electron chi connectivity index (χ1n) is 6.41. The Morgan fingerprint density at radius 1 is 1.43 bits per heavy atom. The number of sulfonamides is 1. The summed E-state index contributed by atoms with van der Waals surface area (Å²) < 4.78 is 22.7. The van der Waals surface area contributed by atoms with Gasteiger partial charge in [-0.15, -0.1) is 0 Å². The molecule has 0 saturated carbocycles. The Morgan fingerprint density at radius 3 is 2.62 bits per heavy atom. The SMILES string of the molecule is CC1(C)CN(c2ccc(S(N)(=O)=O)cc2[N+](=O)[O-])CCN1. The van der Waals surface area contributed by atoms with E-state index in [4.69, 9.17) is 5.14 Å². The molecule has 21 heavy (non-hydrogen) atoms. The van der Waals surface area contributed by atoms with Crippen LogP contribution in [0.2, 0.25) is 0 Å². The fraction of sp³-hybridized carbons (Fsp3) is 0.500. The van der Waals surface area contributed by atoms with E-state index in [1.807, 2.05) is 18.7 Å². The summed E-state index contributed by atoms with van der Waals surface area (Å²) in [4.78, 5) is 12.3. The van der Waals surface area contributed by atoms with Gasteiger partial charge in [-0.05, 0) is 26.0 Å². The maximum absolute atomic E-state index is 11.3. The van der Waals surface area contributed by atoms with Crippen molar-refractivity contribution >= 4 is 21.4 Å². The van der Waals surface area contributed by atoms with E-state index in [9.17, 15) is 18.5 Å². The van der Waals surface area contributed by atoms with Crippen molar-refractivity contribution in [2.75, 3.05) is 24.5 Å². The van der Waals surface area contributed by atoms with E-state index in [0.717, 1.165) is 6.07 Å². The highest BCUT2D eigenvalue weighted by Gasteiger charge is 2.30. The summed E-state index contributed by atoms with van der Waals surface area (Å²) in [7, 11) is -3.96. The largest absolute Gasteiger partial charge is 0.363 e. The zero-order chi connectivity index (χ0) is 15.8. The number of piperazine rings is 1. The molecule has 0 amide bonds. The Hall–Kier alpha value is -1.71. The number of hydrogen-bond acceptors (Lipinski definition) is 6. The summed E-state index contributed by atoms with van der Waals surface area (Å²) in [5, 5.41) is 19.6. The quantitative estimate of drug-likeness (QED) is 0.617. The molecule has 1 heterocycles. The first-order chi connectivity index (χ1) is 9.60. The average Bonchev–Trinajstić information content (AvgIpc) is 2.35. The van der Waals surface area contributed by atoms with Gasteiger partial charge in [-0.1, -0.05) is 0 Å². The number of anilines is 1. The third-order valence-electron chi connectivity index (χ3n) is 3.38. The van der Waals surface area contributed by atoms with E-state index in [1.54, 1.807) is 0 Å². The minimum absolute atomic E-state index is 0.176. The van der Waals surface area contributed by atoms with Gasteiger partial charge in [-0.3, -0.25) is 10.1 Å². The molecule has 0 bridgehead atoms. The minimum Gasteiger partial charge on any atom is -0.363 e. The number of benzene rings is 1. The average molecular weight is 314 g/mol. The van der Waals surface area contributed by atoms with Crippen LogP contribution in [0.15, 0.2) is 23.1 Å². The lowest BCUT2D eigenvalue weighted by molar-refractivity contribution is -0.384. The lowest BCUT2D eigenvalue weighted by Gasteiger charge is -2.40. The number of primary sulfonamides is 1. The van der Waals surface area contributed by atoms with Crippen LogP contribution in [-0.2, 0) is 10.0 Å². The van der Waals surface area contributed by atoms with Crippen LogP contribution in [0.25, 0.3) is 0 Å². The molecule has 3 N–H and O–H groups in total. The summed E-state index contributed by atoms with van der Waals surface area (Å²) in [6, 6.07) is 3.76. The van der Waals surface area contributed by atoms with E-state index < -0.39 is 14.9 Å². The van der Waals surface area contributed by atoms with Gasteiger partial charge < -0.3 is 10.2 Å². The molecule has 1 saturated heterocycles. The Labute approximate surface area is 123 Å². The number of nitro groups is 1. The van der Waals surface area contributed by atoms with Crippen LogP contribution >= 0.6 is 0 Å². The van der Waals surface area contributed by atoms with Crippen molar-refractivity contribution in [1.82, 2.24) is 5.32 Å². The van der Waals surface area contributed by atoms with Gasteiger partial charge in [0.1, 0.15) is 5.69 Å². The molecule has 1 aliphatic heterocycles. The molecule has 0 spiro atoms. The first kappa shape index (κ1) is 15.7. The standard InChI is InChI=1S/C12H18N4O4S/c1-12(2)8-15(6-5-14-12)10-4-3-9(21(13,19)20)7-11(10)16(17)18/h3-4,7,14H,5-6,8H2,1-2H3,(H2,13,19,20). The summed E-state index contributed by atoms with van der Waals surface area (Å²) >= 11 is 0. The molecule has 1 aromatic carbocycles. The van der Waals surface area contributed by atoms with Crippen molar-refractivity contribution in [3.63, 3.8) is 0 Å². The van der Waals surface area contributed by atoms with Gasteiger partial charge in [0.05, 0.1) is 9.82 Å². The van der Waals surface area contributed by atoms with Crippen molar-refractivity contribution in [1.29, 1.82) is 0 Å². The third kappa shape index (κ3) is 3.49. The fourth-order valence-corrected chi connectivity index (χ4v) is 2.97. The molecule has 1 aliphatic rings. The highest BCUT2D eigenvalue weighted by molar-refractivity contribution is 7.89. The lowest BCUT2D eigenvalue weighted by atomic mass is 10.0. The van der Waals surface area contributed by atoms with Gasteiger partial charge in [0.2, 0.25) is 10.0 Å². The first-order valence-corrected chi connectivity index (χ1v) is 7.96. The highest BCUT2D eigenvalue weighted by atomic mass is 32.2. The molecule has 0 aliphatic carbocycles. The van der Waals surface area contributed by atoms with E-state index >= 15 is 0 Å². The number of nitrogens with one attached hydrogen (secondary N) is 1. The van der Waals surface area contributed by atoms with Crippen molar-refractivity contribution < 1.29 is 13.3 Å². The predicted molar refractivity (Wildman–Crippen MR) is 78.8 cm³/mol. The van der Waals surface area contributed by atoms with E-state index in [-0.39, 0.29) is 16.1 Å². The Balaban J connectivity index is 2.46. The van der Waals surface area contributed by atoms with Crippen LogP contribution in [-0.4, -0.2) is 38.5 Å². The number of nitrogens with zero attached hydrogens (tertiary/aromatic N) is 2. The molecule has 0 aromatic heterocycles. The molecule has 1 fully saturated rings. The Bertz CT molecular complexity index is 672. The number of hydrogen-bond donors (Lipinski definition) is 2.